The van der Waals surface area contributed by atoms with Crippen LogP contribution in [-0.4, -0.2) is 36.0 Å². The van der Waals surface area contributed by atoms with E-state index in [9.17, 15) is 9.59 Å². The molecular formula is C28H27N5O5. The predicted octanol–water partition coefficient (Wildman–Crippen LogP) is 4.06. The molecule has 0 unspecified atom stereocenters. The lowest BCUT2D eigenvalue weighted by Crippen LogP contribution is -2.39. The molecule has 2 aromatic carbocycles. The second kappa shape index (κ2) is 10.3. The summed E-state index contributed by atoms with van der Waals surface area (Å²) in [7, 11) is 3.10. The zero-order chi connectivity index (χ0) is 26.7. The van der Waals surface area contributed by atoms with Gasteiger partial charge in [-0.25, -0.2) is 4.98 Å². The van der Waals surface area contributed by atoms with Crippen LogP contribution < -0.4 is 30.6 Å². The Balaban J connectivity index is 1.28. The van der Waals surface area contributed by atoms with Crippen LogP contribution in [-0.2, 0) is 16.1 Å². The standard InChI is InChI=1S/C28H27N5O5/c1-36-23-13-19-21(14-24(23)37-2)30-11-8-22(19)38-25-20(29)12-18(16-31-25)33-27(35)28(9-10-28)26(34)32-15-17-6-4-3-5-7-17/h3-8,11-14,16H,9-10,15,29H2,1-2H3,(H,32,34)(H,33,35). The van der Waals surface area contributed by atoms with Crippen LogP contribution >= 0.6 is 0 Å². The fraction of sp³-hybridized carbons (Fsp3) is 0.214. The van der Waals surface area contributed by atoms with Crippen molar-refractivity contribution in [2.45, 2.75) is 19.4 Å². The second-order valence-electron chi connectivity index (χ2n) is 8.96. The van der Waals surface area contributed by atoms with E-state index in [0.717, 1.165) is 5.56 Å². The first-order valence-corrected chi connectivity index (χ1v) is 12.0. The van der Waals surface area contributed by atoms with Gasteiger partial charge in [0.25, 0.3) is 0 Å². The molecule has 1 aliphatic rings. The Morgan fingerprint density at radius 1 is 0.947 bits per heavy atom. The van der Waals surface area contributed by atoms with Crippen LogP contribution in [0.1, 0.15) is 18.4 Å². The Bertz CT molecular complexity index is 1500. The zero-order valence-electron chi connectivity index (χ0n) is 21.0. The van der Waals surface area contributed by atoms with Crippen molar-refractivity contribution in [3.63, 3.8) is 0 Å². The van der Waals surface area contributed by atoms with Gasteiger partial charge in [-0.2, -0.15) is 0 Å². The molecular weight excluding hydrogens is 486 g/mol. The van der Waals surface area contributed by atoms with Gasteiger partial charge >= 0.3 is 0 Å². The highest BCUT2D eigenvalue weighted by Gasteiger charge is 2.56. The lowest BCUT2D eigenvalue weighted by molar-refractivity contribution is -0.134. The van der Waals surface area contributed by atoms with Crippen LogP contribution in [0.4, 0.5) is 11.4 Å². The SMILES string of the molecule is COc1cc2nccc(Oc3ncc(NC(=O)C4(C(=O)NCc5ccccc5)CC4)cc3N)c2cc1OC. The van der Waals surface area contributed by atoms with Crippen molar-refractivity contribution < 1.29 is 23.8 Å². The quantitative estimate of drug-likeness (QED) is 0.285. The molecule has 38 heavy (non-hydrogen) atoms. The zero-order valence-corrected chi connectivity index (χ0v) is 21.0. The lowest BCUT2D eigenvalue weighted by atomic mass is 10.0. The molecule has 1 saturated carbocycles. The monoisotopic (exact) mass is 513 g/mol. The molecule has 1 aliphatic carbocycles. The molecule has 2 heterocycles. The molecule has 4 aromatic rings. The smallest absolute Gasteiger partial charge is 0.242 e. The van der Waals surface area contributed by atoms with E-state index in [1.165, 1.54) is 6.20 Å². The van der Waals surface area contributed by atoms with Crippen LogP contribution in [0, 0.1) is 5.41 Å². The summed E-state index contributed by atoms with van der Waals surface area (Å²) in [6.07, 6.45) is 4.00. The average Bonchev–Trinajstić information content (AvgIpc) is 3.75. The molecule has 1 fully saturated rings. The molecule has 0 aliphatic heterocycles. The topological polar surface area (TPSA) is 138 Å². The van der Waals surface area contributed by atoms with Crippen molar-refractivity contribution in [1.82, 2.24) is 15.3 Å². The Labute approximate surface area is 219 Å². The number of rotatable bonds is 9. The van der Waals surface area contributed by atoms with E-state index in [2.05, 4.69) is 20.6 Å². The number of nitrogens with two attached hydrogens (primary N) is 1. The number of carbonyl (C=O) groups is 2. The maximum Gasteiger partial charge on any atom is 0.242 e. The van der Waals surface area contributed by atoms with E-state index < -0.39 is 5.41 Å². The van der Waals surface area contributed by atoms with Crippen LogP contribution in [0.15, 0.2) is 67.0 Å². The van der Waals surface area contributed by atoms with Gasteiger partial charge in [-0.3, -0.25) is 14.6 Å². The normalized spacial score (nSPS) is 13.4. The minimum Gasteiger partial charge on any atom is -0.493 e. The number of ether oxygens (including phenoxy) is 3. The van der Waals surface area contributed by atoms with Gasteiger partial charge in [-0.1, -0.05) is 30.3 Å². The Kier molecular flexibility index (Phi) is 6.69. The highest BCUT2D eigenvalue weighted by molar-refractivity contribution is 6.13. The molecule has 0 spiro atoms. The number of methoxy groups -OCH3 is 2. The van der Waals surface area contributed by atoms with Gasteiger partial charge in [0.1, 0.15) is 11.2 Å². The summed E-state index contributed by atoms with van der Waals surface area (Å²) >= 11 is 0. The fourth-order valence-corrected chi connectivity index (χ4v) is 4.14. The van der Waals surface area contributed by atoms with Gasteiger partial charge in [0.2, 0.25) is 17.7 Å². The third kappa shape index (κ3) is 4.88. The van der Waals surface area contributed by atoms with Crippen LogP contribution in [0.25, 0.3) is 10.9 Å². The highest BCUT2D eigenvalue weighted by Crippen LogP contribution is 2.47. The molecule has 0 atom stereocenters. The molecule has 4 N–H and O–H groups in total. The van der Waals surface area contributed by atoms with Gasteiger partial charge in [-0.15, -0.1) is 0 Å². The van der Waals surface area contributed by atoms with E-state index in [1.54, 1.807) is 44.7 Å². The largest absolute Gasteiger partial charge is 0.493 e. The minimum absolute atomic E-state index is 0.159. The number of carbonyl (C=O) groups excluding carboxylic acids is 2. The summed E-state index contributed by atoms with van der Waals surface area (Å²) in [5.41, 5.74) is 7.31. The number of nitrogen functional groups attached to an aromatic ring is 1. The fourth-order valence-electron chi connectivity index (χ4n) is 4.14. The average molecular weight is 514 g/mol. The van der Waals surface area contributed by atoms with E-state index in [-0.39, 0.29) is 23.4 Å². The number of benzene rings is 2. The molecule has 5 rings (SSSR count). The number of nitrogens with one attached hydrogen (secondary N) is 2. The van der Waals surface area contributed by atoms with Crippen LogP contribution in [0.5, 0.6) is 23.1 Å². The van der Waals surface area contributed by atoms with E-state index >= 15 is 0 Å². The molecule has 0 radical (unpaired) electrons. The van der Waals surface area contributed by atoms with Crippen molar-refractivity contribution in [3.8, 4) is 23.1 Å². The Morgan fingerprint density at radius 3 is 2.37 bits per heavy atom. The van der Waals surface area contributed by atoms with E-state index in [0.29, 0.717) is 53.2 Å². The lowest BCUT2D eigenvalue weighted by Gasteiger charge is -2.16. The van der Waals surface area contributed by atoms with Crippen LogP contribution in [0.3, 0.4) is 0 Å². The van der Waals surface area contributed by atoms with Crippen molar-refractivity contribution in [3.05, 3.63) is 72.6 Å². The first kappa shape index (κ1) is 24.8. The number of amides is 2. The third-order valence-electron chi connectivity index (χ3n) is 6.47. The number of nitrogens with zero attached hydrogens (tertiary/aromatic N) is 2. The minimum atomic E-state index is -1.09. The van der Waals surface area contributed by atoms with Crippen LogP contribution in [0.2, 0.25) is 0 Å². The van der Waals surface area contributed by atoms with Gasteiger partial charge in [0.15, 0.2) is 11.5 Å². The van der Waals surface area contributed by atoms with Crippen molar-refractivity contribution >= 4 is 34.1 Å². The first-order chi connectivity index (χ1) is 18.4. The predicted molar refractivity (Wildman–Crippen MR) is 142 cm³/mol. The number of fused-ring (bicyclic) bond motifs is 1. The van der Waals surface area contributed by atoms with Gasteiger partial charge in [-0.05, 0) is 36.6 Å². The maximum atomic E-state index is 13.0. The molecule has 0 bridgehead atoms. The number of hydrogen-bond acceptors (Lipinski definition) is 8. The second-order valence-corrected chi connectivity index (χ2v) is 8.96. The maximum absolute atomic E-state index is 13.0. The summed E-state index contributed by atoms with van der Waals surface area (Å²) in [5, 5.41) is 6.32. The number of hydrogen-bond donors (Lipinski definition) is 3. The third-order valence-corrected chi connectivity index (χ3v) is 6.47. The highest BCUT2D eigenvalue weighted by atomic mass is 16.5. The Hall–Kier alpha value is -4.86. The summed E-state index contributed by atoms with van der Waals surface area (Å²) in [6, 6.07) is 16.3. The number of anilines is 2. The summed E-state index contributed by atoms with van der Waals surface area (Å²) < 4.78 is 16.7. The van der Waals surface area contributed by atoms with Crippen molar-refractivity contribution in [2.75, 3.05) is 25.3 Å². The van der Waals surface area contributed by atoms with Crippen molar-refractivity contribution in [1.29, 1.82) is 0 Å². The molecule has 10 heteroatoms. The first-order valence-electron chi connectivity index (χ1n) is 12.0. The molecule has 2 aromatic heterocycles. The number of aromatic nitrogens is 2. The summed E-state index contributed by atoms with van der Waals surface area (Å²) in [4.78, 5) is 34.4. The Morgan fingerprint density at radius 2 is 1.68 bits per heavy atom. The summed E-state index contributed by atoms with van der Waals surface area (Å²) in [6.45, 7) is 0.359. The number of pyridine rings is 2. The van der Waals surface area contributed by atoms with Gasteiger partial charge < -0.3 is 30.6 Å². The van der Waals surface area contributed by atoms with Crippen molar-refractivity contribution in [2.24, 2.45) is 5.41 Å². The molecule has 10 nitrogen and oxygen atoms in total. The van der Waals surface area contributed by atoms with Gasteiger partial charge in [0, 0.05) is 24.2 Å². The van der Waals surface area contributed by atoms with E-state index in [1.807, 2.05) is 30.3 Å². The molecule has 2 amide bonds. The summed E-state index contributed by atoms with van der Waals surface area (Å²) in [5.74, 6) is 1.02. The van der Waals surface area contributed by atoms with E-state index in [4.69, 9.17) is 19.9 Å². The molecule has 0 saturated heterocycles. The van der Waals surface area contributed by atoms with Gasteiger partial charge in [0.05, 0.1) is 37.3 Å². The molecule has 194 valence electrons.